The molecule has 2 aliphatic carbocycles. The van der Waals surface area contributed by atoms with Gasteiger partial charge in [-0.25, -0.2) is 0 Å². The molecule has 0 radical (unpaired) electrons. The van der Waals surface area contributed by atoms with E-state index in [1.807, 2.05) is 0 Å². The number of para-hydroxylation sites is 1. The average Bonchev–Trinajstić information content (AvgIpc) is 3.94. The van der Waals surface area contributed by atoms with Crippen molar-refractivity contribution in [3.63, 3.8) is 0 Å². The van der Waals surface area contributed by atoms with Crippen LogP contribution in [0.1, 0.15) is 47.2 Å². The van der Waals surface area contributed by atoms with Crippen molar-refractivity contribution in [3.05, 3.63) is 318 Å². The van der Waals surface area contributed by atoms with Crippen LogP contribution in [-0.2, 0) is 10.8 Å². The van der Waals surface area contributed by atoms with Crippen molar-refractivity contribution in [1.29, 1.82) is 0 Å². The smallest absolute Gasteiger partial charge is 0.0719 e. The molecule has 0 atom stereocenters. The first-order chi connectivity index (χ1) is 37.0. The van der Waals surface area contributed by atoms with Gasteiger partial charge in [-0.15, -0.1) is 0 Å². The molecule has 1 spiro atoms. The van der Waals surface area contributed by atoms with E-state index >= 15 is 0 Å². The van der Waals surface area contributed by atoms with Crippen LogP contribution >= 0.6 is 0 Å². The molecule has 2 aliphatic rings. The molecule has 0 unspecified atom stereocenters. The minimum absolute atomic E-state index is 0.167. The van der Waals surface area contributed by atoms with Gasteiger partial charge < -0.3 is 4.90 Å². The van der Waals surface area contributed by atoms with Crippen molar-refractivity contribution < 1.29 is 0 Å². The van der Waals surface area contributed by atoms with Crippen LogP contribution in [0.25, 0.3) is 77.5 Å². The summed E-state index contributed by atoms with van der Waals surface area (Å²) in [5.41, 5.74) is 25.2. The van der Waals surface area contributed by atoms with Crippen molar-refractivity contribution >= 4 is 27.8 Å². The molecule has 0 saturated heterocycles. The summed E-state index contributed by atoms with van der Waals surface area (Å²) in [4.78, 5) is 2.49. The number of rotatable bonds is 8. The lowest BCUT2D eigenvalue weighted by Gasteiger charge is -2.46. The van der Waals surface area contributed by atoms with Crippen LogP contribution in [0.15, 0.2) is 285 Å². The SMILES string of the molecule is CC1(C)c2ccccc2C2(c3ccccc3-c3cc(N(c4ccc(-c5ccc(-c6ccc7ccccc7c6)cc5)cc4)c4ccccc4-c4ccccc4-c4ccccc4-c4ccccc4)ccc32)c2ccccc21. The Balaban J connectivity index is 0.945. The van der Waals surface area contributed by atoms with Crippen molar-refractivity contribution in [2.75, 3.05) is 4.90 Å². The Bertz CT molecular complexity index is 4090. The van der Waals surface area contributed by atoms with Crippen molar-refractivity contribution in [1.82, 2.24) is 0 Å². The van der Waals surface area contributed by atoms with Gasteiger partial charge in [0.25, 0.3) is 0 Å². The molecule has 0 fully saturated rings. The Morgan fingerprint density at radius 2 is 0.667 bits per heavy atom. The number of nitrogens with zero attached hydrogens (tertiary/aromatic N) is 1. The standard InChI is InChI=1S/C74H53N/c1-73(2)68-31-15-17-33-70(68)74(71-34-18-16-32-69(71)73)66-30-14-12-28-63(66)65-49-58(46-47-67(65)74)75(57-44-42-52(43-45-57)51-36-38-53(39-37-51)56-41-40-50-20-6-7-23-55(50)48-56)72-35-19-13-29-64(72)62-27-11-10-26-61(62)60-25-9-8-24-59(60)54-21-4-3-5-22-54/h3-49H,1-2H3. The van der Waals surface area contributed by atoms with Gasteiger partial charge in [0.1, 0.15) is 0 Å². The summed E-state index contributed by atoms with van der Waals surface area (Å²) < 4.78 is 0. The highest BCUT2D eigenvalue weighted by atomic mass is 15.1. The summed E-state index contributed by atoms with van der Waals surface area (Å²) in [6, 6.07) is 106. The summed E-state index contributed by atoms with van der Waals surface area (Å²) in [5.74, 6) is 0. The predicted octanol–water partition coefficient (Wildman–Crippen LogP) is 19.6. The number of fused-ring (bicyclic) bond motifs is 10. The van der Waals surface area contributed by atoms with E-state index in [4.69, 9.17) is 0 Å². The lowest BCUT2D eigenvalue weighted by molar-refractivity contribution is 0.563. The van der Waals surface area contributed by atoms with Crippen LogP contribution in [0.3, 0.4) is 0 Å². The van der Waals surface area contributed by atoms with E-state index in [9.17, 15) is 0 Å². The minimum Gasteiger partial charge on any atom is -0.310 e. The van der Waals surface area contributed by atoms with Gasteiger partial charge >= 0.3 is 0 Å². The maximum atomic E-state index is 2.49. The van der Waals surface area contributed by atoms with Gasteiger partial charge in [0, 0.05) is 22.4 Å². The third-order valence-electron chi connectivity index (χ3n) is 16.4. The summed E-state index contributed by atoms with van der Waals surface area (Å²) in [6.07, 6.45) is 0. The summed E-state index contributed by atoms with van der Waals surface area (Å²) in [5, 5.41) is 2.51. The van der Waals surface area contributed by atoms with E-state index in [0.717, 1.165) is 22.6 Å². The van der Waals surface area contributed by atoms with Crippen LogP contribution in [0.2, 0.25) is 0 Å². The van der Waals surface area contributed by atoms with E-state index < -0.39 is 5.41 Å². The molecule has 12 aromatic rings. The molecule has 0 amide bonds. The number of benzene rings is 12. The van der Waals surface area contributed by atoms with Crippen LogP contribution in [0, 0.1) is 0 Å². The Morgan fingerprint density at radius 1 is 0.240 bits per heavy atom. The molecule has 14 rings (SSSR count). The van der Waals surface area contributed by atoms with Crippen molar-refractivity contribution in [2.24, 2.45) is 0 Å². The molecule has 75 heavy (non-hydrogen) atoms. The summed E-state index contributed by atoms with van der Waals surface area (Å²) in [6.45, 7) is 4.78. The lowest BCUT2D eigenvalue weighted by Crippen LogP contribution is -2.40. The predicted molar refractivity (Wildman–Crippen MR) is 315 cm³/mol. The maximum absolute atomic E-state index is 2.49. The zero-order valence-electron chi connectivity index (χ0n) is 42.1. The zero-order chi connectivity index (χ0) is 50.1. The van der Waals surface area contributed by atoms with Crippen LogP contribution in [-0.4, -0.2) is 0 Å². The topological polar surface area (TPSA) is 3.24 Å². The molecule has 1 nitrogen and oxygen atoms in total. The lowest BCUT2D eigenvalue weighted by atomic mass is 9.55. The van der Waals surface area contributed by atoms with E-state index in [2.05, 4.69) is 304 Å². The third-order valence-corrected chi connectivity index (χ3v) is 16.4. The Hall–Kier alpha value is -9.30. The molecule has 0 bridgehead atoms. The monoisotopic (exact) mass is 955 g/mol. The van der Waals surface area contributed by atoms with Crippen molar-refractivity contribution in [2.45, 2.75) is 24.7 Å². The number of hydrogen-bond acceptors (Lipinski definition) is 1. The van der Waals surface area contributed by atoms with Gasteiger partial charge in [0.15, 0.2) is 0 Å². The Morgan fingerprint density at radius 3 is 1.32 bits per heavy atom. The molecule has 0 aromatic heterocycles. The normalized spacial score (nSPS) is 13.4. The first kappa shape index (κ1) is 44.4. The minimum atomic E-state index is -0.480. The van der Waals surface area contributed by atoms with Gasteiger partial charge in [-0.3, -0.25) is 0 Å². The number of hydrogen-bond donors (Lipinski definition) is 0. The molecule has 0 aliphatic heterocycles. The van der Waals surface area contributed by atoms with E-state index in [1.54, 1.807) is 0 Å². The highest BCUT2D eigenvalue weighted by molar-refractivity contribution is 5.99. The third kappa shape index (κ3) is 7.07. The van der Waals surface area contributed by atoms with Gasteiger partial charge in [-0.2, -0.15) is 0 Å². The fraction of sp³-hybridized carbons (Fsp3) is 0.0541. The Labute approximate surface area is 440 Å². The zero-order valence-corrected chi connectivity index (χ0v) is 42.1. The van der Waals surface area contributed by atoms with Crippen LogP contribution in [0.4, 0.5) is 17.1 Å². The first-order valence-corrected chi connectivity index (χ1v) is 26.2. The number of anilines is 3. The Kier molecular flexibility index (Phi) is 10.5. The molecule has 0 saturated carbocycles. The van der Waals surface area contributed by atoms with Crippen molar-refractivity contribution in [3.8, 4) is 66.8 Å². The summed E-state index contributed by atoms with van der Waals surface area (Å²) >= 11 is 0. The first-order valence-electron chi connectivity index (χ1n) is 26.2. The molecule has 0 heterocycles. The van der Waals surface area contributed by atoms with Gasteiger partial charge in [0.05, 0.1) is 11.1 Å². The fourth-order valence-corrected chi connectivity index (χ4v) is 12.9. The molecule has 1 heteroatoms. The molecular weight excluding hydrogens is 903 g/mol. The van der Waals surface area contributed by atoms with Gasteiger partial charge in [0.2, 0.25) is 0 Å². The van der Waals surface area contributed by atoms with E-state index in [-0.39, 0.29) is 5.41 Å². The second-order valence-corrected chi connectivity index (χ2v) is 20.7. The van der Waals surface area contributed by atoms with E-state index in [0.29, 0.717) is 0 Å². The molecule has 354 valence electrons. The second kappa shape index (κ2) is 17.7. The maximum Gasteiger partial charge on any atom is 0.0719 e. The van der Waals surface area contributed by atoms with Crippen LogP contribution < -0.4 is 4.90 Å². The molecule has 0 N–H and O–H groups in total. The van der Waals surface area contributed by atoms with Gasteiger partial charge in [-0.05, 0) is 142 Å². The molecular formula is C74H53N. The largest absolute Gasteiger partial charge is 0.310 e. The summed E-state index contributed by atoms with van der Waals surface area (Å²) in [7, 11) is 0. The van der Waals surface area contributed by atoms with E-state index in [1.165, 1.54) is 105 Å². The second-order valence-electron chi connectivity index (χ2n) is 20.7. The quantitative estimate of drug-likeness (QED) is 0.147. The highest BCUT2D eigenvalue weighted by Gasteiger charge is 2.53. The average molecular weight is 956 g/mol. The van der Waals surface area contributed by atoms with Gasteiger partial charge in [-0.1, -0.05) is 263 Å². The van der Waals surface area contributed by atoms with Crippen LogP contribution in [0.5, 0.6) is 0 Å². The molecule has 12 aromatic carbocycles. The fourth-order valence-electron chi connectivity index (χ4n) is 12.9. The highest BCUT2D eigenvalue weighted by Crippen LogP contribution is 2.63.